The highest BCUT2D eigenvalue weighted by Gasteiger charge is 2.17. The van der Waals surface area contributed by atoms with E-state index in [2.05, 4.69) is 26.0 Å². The number of alkyl halides is 1. The van der Waals surface area contributed by atoms with Crippen molar-refractivity contribution in [1.29, 1.82) is 0 Å². The van der Waals surface area contributed by atoms with E-state index < -0.39 is 10.0 Å². The van der Waals surface area contributed by atoms with Gasteiger partial charge in [0.25, 0.3) is 10.0 Å². The number of halogens is 1. The number of primary sulfonamides is 1. The minimum atomic E-state index is -3.79. The predicted molar refractivity (Wildman–Crippen MR) is 125 cm³/mol. The van der Waals surface area contributed by atoms with Crippen LogP contribution in [0.25, 0.3) is 16.2 Å². The molecule has 0 bridgehead atoms. The van der Waals surface area contributed by atoms with E-state index in [0.717, 1.165) is 28.4 Å². The number of nitrogens with two attached hydrogens (primary N) is 1. The summed E-state index contributed by atoms with van der Waals surface area (Å²) in [6.45, 7) is 0. The lowest BCUT2D eigenvalue weighted by Gasteiger charge is -2.00. The van der Waals surface area contributed by atoms with Crippen molar-refractivity contribution < 1.29 is 22.7 Å². The molecule has 0 saturated carbocycles. The first-order valence-electron chi connectivity index (χ1n) is 9.02. The Labute approximate surface area is 197 Å². The summed E-state index contributed by atoms with van der Waals surface area (Å²) < 4.78 is 33.7. The molecule has 0 unspecified atom stereocenters. The number of sulfonamides is 1. The number of fused-ring (bicyclic) bond motifs is 1. The van der Waals surface area contributed by atoms with Gasteiger partial charge in [-0.1, -0.05) is 27.3 Å². The van der Waals surface area contributed by atoms with Crippen molar-refractivity contribution in [2.75, 3.05) is 19.5 Å². The molecule has 4 rings (SSSR count). The zero-order valence-corrected chi connectivity index (χ0v) is 20.3. The van der Waals surface area contributed by atoms with Gasteiger partial charge in [0.15, 0.2) is 5.78 Å². The van der Waals surface area contributed by atoms with Gasteiger partial charge in [0.1, 0.15) is 11.5 Å². The van der Waals surface area contributed by atoms with E-state index in [0.29, 0.717) is 21.5 Å². The second kappa shape index (κ2) is 10.2. The minimum absolute atomic E-state index is 0.0812. The Morgan fingerprint density at radius 3 is 2.09 bits per heavy atom. The van der Waals surface area contributed by atoms with E-state index in [-0.39, 0.29) is 10.1 Å². The van der Waals surface area contributed by atoms with Gasteiger partial charge in [0, 0.05) is 11.1 Å². The number of nitrogens with zero attached hydrogens (tertiary/aromatic N) is 3. The van der Waals surface area contributed by atoms with Crippen LogP contribution in [0.3, 0.4) is 0 Å². The molecule has 2 heterocycles. The average molecular weight is 539 g/mol. The van der Waals surface area contributed by atoms with Crippen molar-refractivity contribution in [2.24, 2.45) is 5.14 Å². The zero-order chi connectivity index (χ0) is 23.3. The van der Waals surface area contributed by atoms with Gasteiger partial charge in [-0.05, 0) is 48.5 Å². The van der Waals surface area contributed by atoms with Gasteiger partial charge in [0.05, 0.1) is 31.4 Å². The zero-order valence-electron chi connectivity index (χ0n) is 17.1. The van der Waals surface area contributed by atoms with Crippen LogP contribution in [0.2, 0.25) is 0 Å². The summed E-state index contributed by atoms with van der Waals surface area (Å²) in [7, 11) is -0.595. The molecule has 0 radical (unpaired) electrons. The lowest BCUT2D eigenvalue weighted by atomic mass is 10.1. The highest BCUT2D eigenvalue weighted by atomic mass is 79.9. The maximum absolute atomic E-state index is 11.2. The number of rotatable bonds is 6. The number of imidazole rings is 1. The largest absolute Gasteiger partial charge is 0.497 e. The van der Waals surface area contributed by atoms with Crippen LogP contribution in [0, 0.1) is 0 Å². The number of carbonyl (C=O) groups is 1. The number of aromatic nitrogens is 3. The Bertz CT molecular complexity index is 1290. The van der Waals surface area contributed by atoms with Crippen molar-refractivity contribution >= 4 is 48.0 Å². The summed E-state index contributed by atoms with van der Waals surface area (Å²) >= 11 is 4.04. The molecule has 0 amide bonds. The molecule has 0 atom stereocenters. The monoisotopic (exact) mass is 538 g/mol. The van der Waals surface area contributed by atoms with Crippen molar-refractivity contribution in [2.45, 2.75) is 4.34 Å². The summed E-state index contributed by atoms with van der Waals surface area (Å²) in [5, 5.41) is 9.29. The maximum Gasteiger partial charge on any atom is 0.267 e. The maximum atomic E-state index is 11.2. The average Bonchev–Trinajstić information content (AvgIpc) is 3.39. The fourth-order valence-electron chi connectivity index (χ4n) is 2.55. The molecule has 2 N–H and O–H groups in total. The number of ether oxygens (including phenoxy) is 2. The van der Waals surface area contributed by atoms with Gasteiger partial charge in [-0.3, -0.25) is 4.79 Å². The molecule has 32 heavy (non-hydrogen) atoms. The normalized spacial score (nSPS) is 11.0. The van der Waals surface area contributed by atoms with Crippen molar-refractivity contribution in [3.63, 3.8) is 0 Å². The molecule has 0 saturated heterocycles. The second-order valence-corrected chi connectivity index (χ2v) is 9.53. The Morgan fingerprint density at radius 1 is 1.06 bits per heavy atom. The van der Waals surface area contributed by atoms with E-state index >= 15 is 0 Å². The number of benzene rings is 2. The van der Waals surface area contributed by atoms with Crippen LogP contribution >= 0.6 is 27.3 Å². The molecular formula is C20H19BrN4O5S2. The summed E-state index contributed by atoms with van der Waals surface area (Å²) in [6, 6.07) is 14.4. The molecular weight excluding hydrogens is 520 g/mol. The van der Waals surface area contributed by atoms with Crippen LogP contribution in [0.5, 0.6) is 11.5 Å². The van der Waals surface area contributed by atoms with Crippen LogP contribution in [0.4, 0.5) is 0 Å². The lowest BCUT2D eigenvalue weighted by molar-refractivity contribution is 0.102. The van der Waals surface area contributed by atoms with Gasteiger partial charge in [-0.25, -0.2) is 23.1 Å². The number of hydrogen-bond acceptors (Lipinski definition) is 8. The van der Waals surface area contributed by atoms with Gasteiger partial charge >= 0.3 is 0 Å². The number of Topliss-reactive ketones (excluding diaryl/α,β-unsaturated/α-hetero) is 1. The first-order valence-corrected chi connectivity index (χ1v) is 12.5. The summed E-state index contributed by atoms with van der Waals surface area (Å²) in [5.74, 6) is 1.60. The molecule has 0 aliphatic rings. The number of methoxy groups -OCH3 is 2. The van der Waals surface area contributed by atoms with E-state index in [1.807, 2.05) is 24.3 Å². The van der Waals surface area contributed by atoms with E-state index in [1.165, 1.54) is 4.52 Å². The molecule has 4 aromatic rings. The summed E-state index contributed by atoms with van der Waals surface area (Å²) in [6.07, 6.45) is 1.66. The minimum Gasteiger partial charge on any atom is -0.497 e. The van der Waals surface area contributed by atoms with Crippen LogP contribution in [0.1, 0.15) is 10.4 Å². The van der Waals surface area contributed by atoms with E-state index in [1.54, 1.807) is 44.7 Å². The third kappa shape index (κ3) is 5.71. The molecule has 0 aliphatic heterocycles. The third-order valence-electron chi connectivity index (χ3n) is 4.19. The SMILES string of the molecule is COc1ccc(-c2cn3nc(S(N)(=O)=O)sc3n2)cc1.COc1ccc(C(=O)CBr)cc1. The molecule has 0 aliphatic carbocycles. The van der Waals surface area contributed by atoms with E-state index in [9.17, 15) is 13.2 Å². The molecule has 9 nitrogen and oxygen atoms in total. The molecule has 12 heteroatoms. The first kappa shape index (κ1) is 23.9. The standard InChI is InChI=1S/C11H10N4O3S2.C9H9BrO2/c1-18-8-4-2-7(3-5-8)9-6-15-10(13-9)19-11(14-15)20(12,16)17;1-12-8-4-2-7(3-5-8)9(11)6-10/h2-6H,1H3,(H2,12,16,17);2-5H,6H2,1H3. The van der Waals surface area contributed by atoms with Gasteiger partial charge in [-0.15, -0.1) is 5.10 Å². The molecule has 0 fully saturated rings. The molecule has 2 aromatic carbocycles. The van der Waals surface area contributed by atoms with Crippen molar-refractivity contribution in [3.8, 4) is 22.8 Å². The molecule has 2 aromatic heterocycles. The van der Waals surface area contributed by atoms with Gasteiger partial charge in [0.2, 0.25) is 9.30 Å². The number of ketones is 1. The van der Waals surface area contributed by atoms with Crippen molar-refractivity contribution in [1.82, 2.24) is 14.6 Å². The lowest BCUT2D eigenvalue weighted by Crippen LogP contribution is -2.12. The third-order valence-corrected chi connectivity index (χ3v) is 6.93. The quantitative estimate of drug-likeness (QED) is 0.294. The van der Waals surface area contributed by atoms with Crippen LogP contribution in [-0.4, -0.2) is 48.3 Å². The van der Waals surface area contributed by atoms with Crippen LogP contribution in [0.15, 0.2) is 59.1 Å². The molecule has 168 valence electrons. The predicted octanol–water partition coefficient (Wildman–Crippen LogP) is 3.39. The number of hydrogen-bond donors (Lipinski definition) is 1. The fourth-order valence-corrected chi connectivity index (χ4v) is 4.38. The highest BCUT2D eigenvalue weighted by molar-refractivity contribution is 9.09. The molecule has 0 spiro atoms. The Balaban J connectivity index is 0.000000207. The van der Waals surface area contributed by atoms with Crippen LogP contribution in [-0.2, 0) is 10.0 Å². The number of carbonyl (C=O) groups excluding carboxylic acids is 1. The van der Waals surface area contributed by atoms with Crippen molar-refractivity contribution in [3.05, 3.63) is 60.3 Å². The smallest absolute Gasteiger partial charge is 0.267 e. The Kier molecular flexibility index (Phi) is 7.61. The Morgan fingerprint density at radius 2 is 1.62 bits per heavy atom. The summed E-state index contributed by atoms with van der Waals surface area (Å²) in [4.78, 5) is 15.9. The summed E-state index contributed by atoms with van der Waals surface area (Å²) in [5.41, 5.74) is 2.29. The second-order valence-electron chi connectivity index (χ2n) is 6.28. The van der Waals surface area contributed by atoms with Gasteiger partial charge in [-0.2, -0.15) is 0 Å². The highest BCUT2D eigenvalue weighted by Crippen LogP contribution is 2.25. The van der Waals surface area contributed by atoms with E-state index in [4.69, 9.17) is 14.6 Å². The first-order chi connectivity index (χ1) is 15.2. The fraction of sp³-hybridized carbons (Fsp3) is 0.150. The topological polar surface area (TPSA) is 126 Å². The van der Waals surface area contributed by atoms with Crippen LogP contribution < -0.4 is 14.6 Å². The van der Waals surface area contributed by atoms with Gasteiger partial charge < -0.3 is 9.47 Å². The Hall–Kier alpha value is -2.80.